The molecule has 0 aliphatic carbocycles. The third kappa shape index (κ3) is 3.34. The van der Waals surface area contributed by atoms with Crippen LogP contribution in [0.25, 0.3) is 0 Å². The number of hydrogen-bond acceptors (Lipinski definition) is 3. The quantitative estimate of drug-likeness (QED) is 0.773. The van der Waals surface area contributed by atoms with Crippen molar-refractivity contribution in [1.29, 1.82) is 0 Å². The third-order valence-electron chi connectivity index (χ3n) is 2.02. The molecule has 0 unspecified atom stereocenters. The highest BCUT2D eigenvalue weighted by atomic mass is 16.5. The first-order chi connectivity index (χ1) is 6.76. The normalized spacial score (nSPS) is 12.5. The third-order valence-corrected chi connectivity index (χ3v) is 2.02. The molecule has 0 amide bonds. The Bertz CT molecular complexity index is 276. The highest BCUT2D eigenvalue weighted by Crippen LogP contribution is 2.11. The van der Waals surface area contributed by atoms with E-state index in [0.29, 0.717) is 5.88 Å². The Kier molecular flexibility index (Phi) is 4.40. The van der Waals surface area contributed by atoms with E-state index in [1.165, 1.54) is 5.56 Å². The van der Waals surface area contributed by atoms with Crippen LogP contribution in [-0.4, -0.2) is 24.7 Å². The Morgan fingerprint density at radius 3 is 3.00 bits per heavy atom. The van der Waals surface area contributed by atoms with Crippen LogP contribution in [0.4, 0.5) is 0 Å². The zero-order valence-corrected chi connectivity index (χ0v) is 9.08. The van der Waals surface area contributed by atoms with E-state index in [1.807, 2.05) is 26.1 Å². The van der Waals surface area contributed by atoms with Crippen LogP contribution >= 0.6 is 0 Å². The van der Waals surface area contributed by atoms with Gasteiger partial charge in [-0.3, -0.25) is 0 Å². The largest absolute Gasteiger partial charge is 0.473 e. The van der Waals surface area contributed by atoms with Gasteiger partial charge in [-0.15, -0.1) is 0 Å². The fourth-order valence-corrected chi connectivity index (χ4v) is 1.27. The zero-order valence-electron chi connectivity index (χ0n) is 9.08. The first-order valence-corrected chi connectivity index (χ1v) is 5.02. The van der Waals surface area contributed by atoms with Gasteiger partial charge >= 0.3 is 0 Å². The number of likely N-dealkylation sites (N-methyl/N-ethyl adjacent to an activating group) is 1. The molecule has 3 heteroatoms. The van der Waals surface area contributed by atoms with Crippen molar-refractivity contribution in [2.24, 2.45) is 0 Å². The van der Waals surface area contributed by atoms with Gasteiger partial charge in [-0.05, 0) is 32.0 Å². The van der Waals surface area contributed by atoms with E-state index in [4.69, 9.17) is 4.74 Å². The van der Waals surface area contributed by atoms with Crippen molar-refractivity contribution in [3.63, 3.8) is 0 Å². The summed E-state index contributed by atoms with van der Waals surface area (Å²) in [7, 11) is 1.91. The molecule has 0 radical (unpaired) electrons. The maximum absolute atomic E-state index is 5.62. The van der Waals surface area contributed by atoms with Gasteiger partial charge in [-0.2, -0.15) is 0 Å². The van der Waals surface area contributed by atoms with Crippen molar-refractivity contribution in [2.45, 2.75) is 26.4 Å². The number of ether oxygens (including phenoxy) is 1. The molecule has 0 aliphatic heterocycles. The van der Waals surface area contributed by atoms with Crippen LogP contribution in [-0.2, 0) is 6.42 Å². The van der Waals surface area contributed by atoms with E-state index < -0.39 is 0 Å². The highest BCUT2D eigenvalue weighted by molar-refractivity contribution is 5.20. The molecular formula is C11H18N2O. The number of nitrogens with one attached hydrogen (secondary N) is 1. The number of nitrogens with zero attached hydrogens (tertiary/aromatic N) is 1. The minimum absolute atomic E-state index is 0.152. The second-order valence-corrected chi connectivity index (χ2v) is 3.34. The average Bonchev–Trinajstić information content (AvgIpc) is 2.18. The zero-order chi connectivity index (χ0) is 10.4. The number of hydrogen-bond donors (Lipinski definition) is 1. The lowest BCUT2D eigenvalue weighted by atomic mass is 10.2. The maximum Gasteiger partial charge on any atom is 0.213 e. The number of aryl methyl sites for hydroxylation is 1. The monoisotopic (exact) mass is 194 g/mol. The molecule has 1 aromatic heterocycles. The minimum Gasteiger partial charge on any atom is -0.473 e. The Morgan fingerprint density at radius 2 is 2.36 bits per heavy atom. The molecule has 1 heterocycles. The molecule has 0 bridgehead atoms. The lowest BCUT2D eigenvalue weighted by Crippen LogP contribution is -2.26. The van der Waals surface area contributed by atoms with Gasteiger partial charge < -0.3 is 10.1 Å². The van der Waals surface area contributed by atoms with E-state index in [2.05, 4.69) is 17.2 Å². The fraction of sp³-hybridized carbons (Fsp3) is 0.545. The number of pyridine rings is 1. The van der Waals surface area contributed by atoms with Crippen LogP contribution in [0.3, 0.4) is 0 Å². The van der Waals surface area contributed by atoms with E-state index in [1.54, 1.807) is 6.20 Å². The van der Waals surface area contributed by atoms with E-state index in [-0.39, 0.29) is 6.10 Å². The van der Waals surface area contributed by atoms with Crippen LogP contribution in [0, 0.1) is 0 Å². The topological polar surface area (TPSA) is 34.1 Å². The molecule has 0 aromatic carbocycles. The number of aromatic nitrogens is 1. The second kappa shape index (κ2) is 5.60. The van der Waals surface area contributed by atoms with E-state index in [0.717, 1.165) is 13.0 Å². The predicted molar refractivity (Wildman–Crippen MR) is 57.6 cm³/mol. The summed E-state index contributed by atoms with van der Waals surface area (Å²) in [5.74, 6) is 0.715. The Hall–Kier alpha value is -1.09. The van der Waals surface area contributed by atoms with E-state index >= 15 is 0 Å². The summed E-state index contributed by atoms with van der Waals surface area (Å²) < 4.78 is 5.62. The molecular weight excluding hydrogens is 176 g/mol. The van der Waals surface area contributed by atoms with Gasteiger partial charge in [0, 0.05) is 18.8 Å². The van der Waals surface area contributed by atoms with Gasteiger partial charge in [0.2, 0.25) is 5.88 Å². The lowest BCUT2D eigenvalue weighted by Gasteiger charge is -2.13. The SMILES string of the molecule is CCc1ccnc(O[C@@H](C)CNC)c1. The summed E-state index contributed by atoms with van der Waals surface area (Å²) in [6.07, 6.45) is 2.96. The molecule has 1 aromatic rings. The molecule has 0 saturated carbocycles. The Labute approximate surface area is 85.5 Å². The van der Waals surface area contributed by atoms with Crippen molar-refractivity contribution in [3.05, 3.63) is 23.9 Å². The van der Waals surface area contributed by atoms with E-state index in [9.17, 15) is 0 Å². The molecule has 3 nitrogen and oxygen atoms in total. The van der Waals surface area contributed by atoms with Gasteiger partial charge in [-0.25, -0.2) is 4.98 Å². The van der Waals surface area contributed by atoms with Crippen molar-refractivity contribution in [3.8, 4) is 5.88 Å². The van der Waals surface area contributed by atoms with Crippen molar-refractivity contribution < 1.29 is 4.74 Å². The molecule has 1 N–H and O–H groups in total. The van der Waals surface area contributed by atoms with Crippen LogP contribution in [0.1, 0.15) is 19.4 Å². The summed E-state index contributed by atoms with van der Waals surface area (Å²) >= 11 is 0. The van der Waals surface area contributed by atoms with Gasteiger partial charge in [0.25, 0.3) is 0 Å². The molecule has 0 aliphatic rings. The lowest BCUT2D eigenvalue weighted by molar-refractivity contribution is 0.211. The van der Waals surface area contributed by atoms with Crippen LogP contribution in [0.5, 0.6) is 5.88 Å². The van der Waals surface area contributed by atoms with Crippen LogP contribution in [0.15, 0.2) is 18.3 Å². The van der Waals surface area contributed by atoms with Gasteiger partial charge in [0.1, 0.15) is 6.10 Å². The first kappa shape index (κ1) is 11.0. The standard InChI is InChI=1S/C11H18N2O/c1-4-10-5-6-13-11(7-10)14-9(2)8-12-3/h5-7,9,12H,4,8H2,1-3H3/t9-/m0/s1. The number of rotatable bonds is 5. The smallest absolute Gasteiger partial charge is 0.213 e. The molecule has 78 valence electrons. The fourth-order valence-electron chi connectivity index (χ4n) is 1.27. The Morgan fingerprint density at radius 1 is 1.57 bits per heavy atom. The average molecular weight is 194 g/mol. The predicted octanol–water partition coefficient (Wildman–Crippen LogP) is 1.63. The maximum atomic E-state index is 5.62. The molecule has 14 heavy (non-hydrogen) atoms. The van der Waals surface area contributed by atoms with Gasteiger partial charge in [-0.1, -0.05) is 6.92 Å². The second-order valence-electron chi connectivity index (χ2n) is 3.34. The van der Waals surface area contributed by atoms with Crippen molar-refractivity contribution in [2.75, 3.05) is 13.6 Å². The molecule has 1 atom stereocenters. The summed E-state index contributed by atoms with van der Waals surface area (Å²) in [4.78, 5) is 4.16. The summed E-state index contributed by atoms with van der Waals surface area (Å²) in [5.41, 5.74) is 1.26. The first-order valence-electron chi connectivity index (χ1n) is 5.02. The van der Waals surface area contributed by atoms with Gasteiger partial charge in [0.05, 0.1) is 0 Å². The highest BCUT2D eigenvalue weighted by Gasteiger charge is 2.03. The van der Waals surface area contributed by atoms with Crippen molar-refractivity contribution in [1.82, 2.24) is 10.3 Å². The molecule has 0 spiro atoms. The summed E-state index contributed by atoms with van der Waals surface area (Å²) in [5, 5.41) is 3.06. The minimum atomic E-state index is 0.152. The van der Waals surface area contributed by atoms with Crippen LogP contribution in [0.2, 0.25) is 0 Å². The summed E-state index contributed by atoms with van der Waals surface area (Å²) in [6.45, 7) is 4.98. The molecule has 0 saturated heterocycles. The Balaban J connectivity index is 2.57. The molecule has 0 fully saturated rings. The summed E-state index contributed by atoms with van der Waals surface area (Å²) in [6, 6.07) is 4.00. The van der Waals surface area contributed by atoms with Crippen molar-refractivity contribution >= 4 is 0 Å². The molecule has 1 rings (SSSR count). The van der Waals surface area contributed by atoms with Crippen LogP contribution < -0.4 is 10.1 Å². The van der Waals surface area contributed by atoms with Gasteiger partial charge in [0.15, 0.2) is 0 Å².